The second kappa shape index (κ2) is 7.49. The van der Waals surface area contributed by atoms with Gasteiger partial charge in [-0.1, -0.05) is 6.92 Å². The van der Waals surface area contributed by atoms with E-state index in [0.29, 0.717) is 22.9 Å². The molecule has 2 aromatic rings. The van der Waals surface area contributed by atoms with Gasteiger partial charge < -0.3 is 15.3 Å². The van der Waals surface area contributed by atoms with E-state index >= 15 is 0 Å². The van der Waals surface area contributed by atoms with Gasteiger partial charge in [0, 0.05) is 18.2 Å². The topological polar surface area (TPSA) is 85.1 Å². The number of nitrogens with zero attached hydrogens (tertiary/aromatic N) is 4. The van der Waals surface area contributed by atoms with E-state index in [0.717, 1.165) is 37.4 Å². The zero-order valence-corrected chi connectivity index (χ0v) is 14.7. The lowest BCUT2D eigenvalue weighted by atomic mass is 10.0. The number of likely N-dealkylation sites (tertiary alicyclic amines) is 1. The first-order valence-corrected chi connectivity index (χ1v) is 8.67. The Hall–Kier alpha value is -2.65. The first kappa shape index (κ1) is 17.2. The van der Waals surface area contributed by atoms with Gasteiger partial charge in [-0.3, -0.25) is 0 Å². The van der Waals surface area contributed by atoms with Crippen molar-refractivity contribution >= 4 is 5.82 Å². The molecule has 6 heteroatoms. The standard InChI is InChI=1S/C19H23N5O/c1-3-24-8-4-5-15(12-24)21-18-9-13(2)19(23-22-18)16-7-6-14(11-20)10-17(16)25/h6-7,9-10,15,25H,3-5,8,12H2,1-2H3,(H,21,22)/t15-/m1/s1. The highest BCUT2D eigenvalue weighted by atomic mass is 16.3. The van der Waals surface area contributed by atoms with E-state index in [2.05, 4.69) is 27.3 Å². The summed E-state index contributed by atoms with van der Waals surface area (Å²) in [5, 5.41) is 31.1. The molecule has 1 saturated heterocycles. The highest BCUT2D eigenvalue weighted by Gasteiger charge is 2.19. The van der Waals surface area contributed by atoms with Crippen LogP contribution in [-0.2, 0) is 0 Å². The molecule has 0 bridgehead atoms. The van der Waals surface area contributed by atoms with Gasteiger partial charge in [0.25, 0.3) is 0 Å². The third-order valence-corrected chi connectivity index (χ3v) is 4.67. The van der Waals surface area contributed by atoms with Crippen LogP contribution in [0.3, 0.4) is 0 Å². The second-order valence-electron chi connectivity index (χ2n) is 6.48. The maximum absolute atomic E-state index is 10.1. The lowest BCUT2D eigenvalue weighted by Gasteiger charge is -2.32. The minimum absolute atomic E-state index is 0.0445. The first-order valence-electron chi connectivity index (χ1n) is 8.67. The number of phenolic OH excluding ortho intramolecular Hbond substituents is 1. The number of likely N-dealkylation sites (N-methyl/N-ethyl adjacent to an activating group) is 1. The molecule has 25 heavy (non-hydrogen) atoms. The van der Waals surface area contributed by atoms with Crippen molar-refractivity contribution in [2.24, 2.45) is 0 Å². The van der Waals surface area contributed by atoms with Gasteiger partial charge in [-0.2, -0.15) is 5.26 Å². The Balaban J connectivity index is 1.78. The van der Waals surface area contributed by atoms with Gasteiger partial charge in [-0.05, 0) is 62.7 Å². The summed E-state index contributed by atoms with van der Waals surface area (Å²) in [6, 6.07) is 9.19. The molecule has 1 fully saturated rings. The maximum Gasteiger partial charge on any atom is 0.149 e. The van der Waals surface area contributed by atoms with Crippen molar-refractivity contribution in [2.45, 2.75) is 32.7 Å². The molecule has 0 amide bonds. The molecule has 0 saturated carbocycles. The summed E-state index contributed by atoms with van der Waals surface area (Å²) in [5.41, 5.74) is 2.57. The molecule has 1 aromatic heterocycles. The van der Waals surface area contributed by atoms with E-state index in [1.54, 1.807) is 12.1 Å². The average molecular weight is 337 g/mol. The molecule has 6 nitrogen and oxygen atoms in total. The van der Waals surface area contributed by atoms with Crippen molar-refractivity contribution in [3.63, 3.8) is 0 Å². The molecule has 0 radical (unpaired) electrons. The SMILES string of the molecule is CCN1CCC[C@@H](Nc2cc(C)c(-c3ccc(C#N)cc3O)nn2)C1. The molecular formula is C19H23N5O. The zero-order valence-electron chi connectivity index (χ0n) is 14.7. The number of hydrogen-bond acceptors (Lipinski definition) is 6. The highest BCUT2D eigenvalue weighted by Crippen LogP contribution is 2.31. The number of aromatic hydroxyl groups is 1. The van der Waals surface area contributed by atoms with Gasteiger partial charge >= 0.3 is 0 Å². The minimum Gasteiger partial charge on any atom is -0.507 e. The number of nitrogens with one attached hydrogen (secondary N) is 1. The molecular weight excluding hydrogens is 314 g/mol. The van der Waals surface area contributed by atoms with Crippen LogP contribution in [0.4, 0.5) is 5.82 Å². The Labute approximate surface area is 148 Å². The summed E-state index contributed by atoms with van der Waals surface area (Å²) in [7, 11) is 0. The summed E-state index contributed by atoms with van der Waals surface area (Å²) in [6.07, 6.45) is 2.32. The largest absolute Gasteiger partial charge is 0.507 e. The molecule has 2 heterocycles. The molecule has 2 N–H and O–H groups in total. The number of aryl methyl sites for hydroxylation is 1. The Morgan fingerprint density at radius 2 is 2.20 bits per heavy atom. The van der Waals surface area contributed by atoms with Crippen LogP contribution in [0, 0.1) is 18.3 Å². The number of phenols is 1. The normalized spacial score (nSPS) is 17.9. The third kappa shape index (κ3) is 3.89. The number of hydrogen-bond donors (Lipinski definition) is 2. The molecule has 1 aliphatic heterocycles. The summed E-state index contributed by atoms with van der Waals surface area (Å²) >= 11 is 0. The third-order valence-electron chi connectivity index (χ3n) is 4.67. The molecule has 3 rings (SSSR count). The van der Waals surface area contributed by atoms with Crippen molar-refractivity contribution < 1.29 is 5.11 Å². The fraction of sp³-hybridized carbons (Fsp3) is 0.421. The zero-order chi connectivity index (χ0) is 17.8. The predicted molar refractivity (Wildman–Crippen MR) is 97.3 cm³/mol. The minimum atomic E-state index is 0.0445. The molecule has 1 aromatic carbocycles. The van der Waals surface area contributed by atoms with Crippen molar-refractivity contribution in [2.75, 3.05) is 25.0 Å². The van der Waals surface area contributed by atoms with E-state index in [-0.39, 0.29) is 5.75 Å². The van der Waals surface area contributed by atoms with Crippen LogP contribution in [-0.4, -0.2) is 45.9 Å². The van der Waals surface area contributed by atoms with Gasteiger partial charge in [0.05, 0.1) is 17.3 Å². The Morgan fingerprint density at radius 3 is 2.88 bits per heavy atom. The molecule has 0 unspecified atom stereocenters. The Kier molecular flexibility index (Phi) is 5.15. The van der Waals surface area contributed by atoms with Crippen LogP contribution in [0.1, 0.15) is 30.9 Å². The lowest BCUT2D eigenvalue weighted by Crippen LogP contribution is -2.42. The first-order chi connectivity index (χ1) is 12.1. The number of rotatable bonds is 4. The van der Waals surface area contributed by atoms with E-state index < -0.39 is 0 Å². The van der Waals surface area contributed by atoms with Crippen LogP contribution in [0.2, 0.25) is 0 Å². The van der Waals surface area contributed by atoms with E-state index in [9.17, 15) is 5.11 Å². The molecule has 0 aliphatic carbocycles. The van der Waals surface area contributed by atoms with Crippen LogP contribution in [0.5, 0.6) is 5.75 Å². The van der Waals surface area contributed by atoms with Crippen LogP contribution < -0.4 is 5.32 Å². The van der Waals surface area contributed by atoms with E-state index in [1.807, 2.05) is 19.1 Å². The second-order valence-corrected chi connectivity index (χ2v) is 6.48. The summed E-state index contributed by atoms with van der Waals surface area (Å²) in [4.78, 5) is 2.44. The molecule has 1 atom stereocenters. The monoisotopic (exact) mass is 337 g/mol. The fourth-order valence-electron chi connectivity index (χ4n) is 3.29. The van der Waals surface area contributed by atoms with Crippen LogP contribution in [0.25, 0.3) is 11.3 Å². The fourth-order valence-corrected chi connectivity index (χ4v) is 3.29. The van der Waals surface area contributed by atoms with Crippen molar-refractivity contribution in [1.82, 2.24) is 15.1 Å². The highest BCUT2D eigenvalue weighted by molar-refractivity contribution is 5.71. The number of nitriles is 1. The van der Waals surface area contributed by atoms with Gasteiger partial charge in [0.1, 0.15) is 11.6 Å². The van der Waals surface area contributed by atoms with Crippen molar-refractivity contribution in [3.05, 3.63) is 35.4 Å². The average Bonchev–Trinajstić information content (AvgIpc) is 2.62. The van der Waals surface area contributed by atoms with Crippen LogP contribution in [0.15, 0.2) is 24.3 Å². The van der Waals surface area contributed by atoms with Gasteiger partial charge in [0.2, 0.25) is 0 Å². The number of anilines is 1. The van der Waals surface area contributed by atoms with Crippen LogP contribution >= 0.6 is 0 Å². The Morgan fingerprint density at radius 1 is 1.36 bits per heavy atom. The van der Waals surface area contributed by atoms with Crippen molar-refractivity contribution in [3.8, 4) is 23.1 Å². The molecule has 1 aliphatic rings. The van der Waals surface area contributed by atoms with Gasteiger partial charge in [-0.25, -0.2) is 0 Å². The smallest absolute Gasteiger partial charge is 0.149 e. The van der Waals surface area contributed by atoms with E-state index in [1.165, 1.54) is 12.5 Å². The Bertz CT molecular complexity index is 799. The molecule has 0 spiro atoms. The molecule has 130 valence electrons. The maximum atomic E-state index is 10.1. The summed E-state index contributed by atoms with van der Waals surface area (Å²) in [6.45, 7) is 7.39. The quantitative estimate of drug-likeness (QED) is 0.892. The van der Waals surface area contributed by atoms with Gasteiger partial charge in [-0.15, -0.1) is 10.2 Å². The number of benzene rings is 1. The lowest BCUT2D eigenvalue weighted by molar-refractivity contribution is 0.226. The summed E-state index contributed by atoms with van der Waals surface area (Å²) in [5.74, 6) is 0.806. The number of aromatic nitrogens is 2. The summed E-state index contributed by atoms with van der Waals surface area (Å²) < 4.78 is 0. The predicted octanol–water partition coefficient (Wildman–Crippen LogP) is 2.93. The van der Waals surface area contributed by atoms with Gasteiger partial charge in [0.15, 0.2) is 0 Å². The van der Waals surface area contributed by atoms with Crippen molar-refractivity contribution in [1.29, 1.82) is 5.26 Å². The van der Waals surface area contributed by atoms with E-state index in [4.69, 9.17) is 5.26 Å². The number of piperidine rings is 1.